The molecule has 1 unspecified atom stereocenters. The number of ether oxygens (including phenoxy) is 1. The minimum atomic E-state index is -0.772. The van der Waals surface area contributed by atoms with E-state index in [0.717, 1.165) is 16.7 Å². The molecule has 5 nitrogen and oxygen atoms in total. The Morgan fingerprint density at radius 3 is 1.94 bits per heavy atom. The van der Waals surface area contributed by atoms with Gasteiger partial charge < -0.3 is 4.74 Å². The third-order valence-electron chi connectivity index (χ3n) is 4.96. The maximum Gasteiger partial charge on any atom is 0.279 e. The Bertz CT molecular complexity index is 1020. The molecule has 2 N–H and O–H groups in total. The van der Waals surface area contributed by atoms with Crippen molar-refractivity contribution >= 4 is 11.8 Å². The zero-order chi connectivity index (χ0) is 22.4. The average molecular weight is 417 g/mol. The molecule has 0 fully saturated rings. The predicted octanol–water partition coefficient (Wildman–Crippen LogP) is 4.88. The second-order valence-corrected chi connectivity index (χ2v) is 8.42. The highest BCUT2D eigenvalue weighted by Crippen LogP contribution is 2.23. The van der Waals surface area contributed by atoms with Crippen molar-refractivity contribution < 1.29 is 14.3 Å². The molecule has 0 aliphatic heterocycles. The topological polar surface area (TPSA) is 67.4 Å². The van der Waals surface area contributed by atoms with Gasteiger partial charge in [-0.25, -0.2) is 0 Å². The zero-order valence-electron chi connectivity index (χ0n) is 18.3. The molecule has 0 aliphatic rings. The van der Waals surface area contributed by atoms with E-state index in [1.807, 2.05) is 66.7 Å². The molecule has 2 amide bonds. The summed E-state index contributed by atoms with van der Waals surface area (Å²) in [6.07, 6.45) is -0.772. The van der Waals surface area contributed by atoms with Crippen LogP contribution in [0.4, 0.5) is 0 Å². The van der Waals surface area contributed by atoms with Crippen LogP contribution in [0.1, 0.15) is 43.6 Å². The van der Waals surface area contributed by atoms with Crippen LogP contribution in [0.2, 0.25) is 0 Å². The van der Waals surface area contributed by atoms with E-state index in [1.165, 1.54) is 0 Å². The summed E-state index contributed by atoms with van der Waals surface area (Å²) >= 11 is 0. The lowest BCUT2D eigenvalue weighted by molar-refractivity contribution is -0.128. The van der Waals surface area contributed by atoms with Crippen LogP contribution in [0.3, 0.4) is 0 Å². The SMILES string of the molecule is CC(Oc1ccc(-c2ccccc2)cc1)C(=O)NNC(=O)c1ccc(C(C)(C)C)cc1. The van der Waals surface area contributed by atoms with Crippen LogP contribution >= 0.6 is 0 Å². The van der Waals surface area contributed by atoms with E-state index in [9.17, 15) is 9.59 Å². The van der Waals surface area contributed by atoms with Crippen molar-refractivity contribution in [2.24, 2.45) is 0 Å². The molecule has 31 heavy (non-hydrogen) atoms. The largest absolute Gasteiger partial charge is 0.481 e. The molecule has 1 atom stereocenters. The van der Waals surface area contributed by atoms with Gasteiger partial charge >= 0.3 is 0 Å². The molecule has 3 aromatic rings. The van der Waals surface area contributed by atoms with Gasteiger partial charge in [-0.1, -0.05) is 75.4 Å². The van der Waals surface area contributed by atoms with E-state index in [4.69, 9.17) is 4.74 Å². The Morgan fingerprint density at radius 1 is 0.774 bits per heavy atom. The van der Waals surface area contributed by atoms with Gasteiger partial charge in [0, 0.05) is 5.56 Å². The molecule has 0 saturated heterocycles. The molecule has 0 aromatic heterocycles. The first-order valence-corrected chi connectivity index (χ1v) is 10.3. The normalized spacial score (nSPS) is 12.0. The first-order valence-electron chi connectivity index (χ1n) is 10.3. The van der Waals surface area contributed by atoms with Crippen molar-refractivity contribution in [3.05, 3.63) is 90.0 Å². The molecule has 3 rings (SSSR count). The van der Waals surface area contributed by atoms with Crippen LogP contribution in [0.25, 0.3) is 11.1 Å². The minimum absolute atomic E-state index is 0.00922. The van der Waals surface area contributed by atoms with Crippen molar-refractivity contribution in [2.75, 3.05) is 0 Å². The minimum Gasteiger partial charge on any atom is -0.481 e. The Labute approximate surface area is 183 Å². The summed E-state index contributed by atoms with van der Waals surface area (Å²) in [4.78, 5) is 24.6. The first kappa shape index (κ1) is 22.1. The van der Waals surface area contributed by atoms with E-state index in [0.29, 0.717) is 11.3 Å². The monoisotopic (exact) mass is 416 g/mol. The molecule has 0 aliphatic carbocycles. The van der Waals surface area contributed by atoms with Gasteiger partial charge in [-0.05, 0) is 53.3 Å². The van der Waals surface area contributed by atoms with Crippen molar-refractivity contribution in [2.45, 2.75) is 39.2 Å². The number of hydrogen-bond acceptors (Lipinski definition) is 3. The average Bonchev–Trinajstić information content (AvgIpc) is 2.77. The maximum atomic E-state index is 12.3. The third kappa shape index (κ3) is 5.95. The number of nitrogens with one attached hydrogen (secondary N) is 2. The van der Waals surface area contributed by atoms with Gasteiger partial charge in [-0.3, -0.25) is 20.4 Å². The fraction of sp³-hybridized carbons (Fsp3) is 0.231. The number of carbonyl (C=O) groups is 2. The van der Waals surface area contributed by atoms with Crippen molar-refractivity contribution in [1.29, 1.82) is 0 Å². The molecular weight excluding hydrogens is 388 g/mol. The van der Waals surface area contributed by atoms with Crippen LogP contribution in [0, 0.1) is 0 Å². The van der Waals surface area contributed by atoms with Gasteiger partial charge in [0.1, 0.15) is 5.75 Å². The van der Waals surface area contributed by atoms with Crippen LogP contribution in [-0.2, 0) is 10.2 Å². The number of carbonyl (C=O) groups excluding carboxylic acids is 2. The van der Waals surface area contributed by atoms with Crippen molar-refractivity contribution in [3.8, 4) is 16.9 Å². The molecule has 0 bridgehead atoms. The quantitative estimate of drug-likeness (QED) is 0.583. The lowest BCUT2D eigenvalue weighted by Gasteiger charge is -2.19. The molecule has 0 saturated carbocycles. The number of rotatable bonds is 5. The summed E-state index contributed by atoms with van der Waals surface area (Å²) in [5.74, 6) is -0.244. The summed E-state index contributed by atoms with van der Waals surface area (Å²) in [6.45, 7) is 7.96. The Balaban J connectivity index is 1.52. The highest BCUT2D eigenvalue weighted by molar-refractivity contribution is 5.95. The standard InChI is InChI=1S/C26H28N2O3/c1-18(31-23-16-12-20(13-17-23)19-8-6-5-7-9-19)24(29)27-28-25(30)21-10-14-22(15-11-21)26(2,3)4/h5-18H,1-4H3,(H,27,29)(H,28,30). The molecule has 160 valence electrons. The predicted molar refractivity (Wildman–Crippen MR) is 123 cm³/mol. The molecule has 3 aromatic carbocycles. The Morgan fingerprint density at radius 2 is 1.35 bits per heavy atom. The Hall–Kier alpha value is -3.60. The van der Waals surface area contributed by atoms with E-state index in [2.05, 4.69) is 31.6 Å². The van der Waals surface area contributed by atoms with Crippen LogP contribution in [-0.4, -0.2) is 17.9 Å². The van der Waals surface area contributed by atoms with Gasteiger partial charge in [0.25, 0.3) is 11.8 Å². The first-order chi connectivity index (χ1) is 14.7. The summed E-state index contributed by atoms with van der Waals surface area (Å²) < 4.78 is 5.69. The Kier molecular flexibility index (Phi) is 6.75. The number of hydrazine groups is 1. The molecule has 0 spiro atoms. The van der Waals surface area contributed by atoms with Crippen LogP contribution in [0.15, 0.2) is 78.9 Å². The highest BCUT2D eigenvalue weighted by atomic mass is 16.5. The lowest BCUT2D eigenvalue weighted by Crippen LogP contribution is -2.47. The zero-order valence-corrected chi connectivity index (χ0v) is 18.3. The van der Waals surface area contributed by atoms with E-state index in [-0.39, 0.29) is 11.3 Å². The molecule has 0 heterocycles. The number of hydrogen-bond donors (Lipinski definition) is 2. The second kappa shape index (κ2) is 9.47. The van der Waals surface area contributed by atoms with Gasteiger partial charge in [0.05, 0.1) is 0 Å². The van der Waals surface area contributed by atoms with Crippen molar-refractivity contribution in [1.82, 2.24) is 10.9 Å². The van der Waals surface area contributed by atoms with E-state index in [1.54, 1.807) is 19.1 Å². The van der Waals surface area contributed by atoms with E-state index < -0.39 is 12.0 Å². The summed E-state index contributed by atoms with van der Waals surface area (Å²) in [6, 6.07) is 24.9. The summed E-state index contributed by atoms with van der Waals surface area (Å²) in [5.41, 5.74) is 8.64. The summed E-state index contributed by atoms with van der Waals surface area (Å²) in [5, 5.41) is 0. The highest BCUT2D eigenvalue weighted by Gasteiger charge is 2.17. The second-order valence-electron chi connectivity index (χ2n) is 8.42. The van der Waals surface area contributed by atoms with Crippen LogP contribution in [0.5, 0.6) is 5.75 Å². The van der Waals surface area contributed by atoms with Crippen LogP contribution < -0.4 is 15.6 Å². The number of amides is 2. The van der Waals surface area contributed by atoms with Gasteiger partial charge in [0.2, 0.25) is 0 Å². The molecule has 5 heteroatoms. The van der Waals surface area contributed by atoms with Gasteiger partial charge in [-0.2, -0.15) is 0 Å². The summed E-state index contributed by atoms with van der Waals surface area (Å²) in [7, 11) is 0. The fourth-order valence-corrected chi connectivity index (χ4v) is 3.03. The lowest BCUT2D eigenvalue weighted by atomic mass is 9.87. The number of benzene rings is 3. The third-order valence-corrected chi connectivity index (χ3v) is 4.96. The van der Waals surface area contributed by atoms with Gasteiger partial charge in [-0.15, -0.1) is 0 Å². The van der Waals surface area contributed by atoms with E-state index >= 15 is 0 Å². The maximum absolute atomic E-state index is 12.3. The fourth-order valence-electron chi connectivity index (χ4n) is 3.03. The molecule has 0 radical (unpaired) electrons. The van der Waals surface area contributed by atoms with Gasteiger partial charge in [0.15, 0.2) is 6.10 Å². The van der Waals surface area contributed by atoms with Crippen molar-refractivity contribution in [3.63, 3.8) is 0 Å². The molecular formula is C26H28N2O3. The smallest absolute Gasteiger partial charge is 0.279 e.